The van der Waals surface area contributed by atoms with Crippen molar-refractivity contribution in [2.45, 2.75) is 11.9 Å². The van der Waals surface area contributed by atoms with Crippen LogP contribution in [0.1, 0.15) is 5.56 Å². The van der Waals surface area contributed by atoms with E-state index in [2.05, 4.69) is 19.5 Å². The van der Waals surface area contributed by atoms with Crippen molar-refractivity contribution in [3.05, 3.63) is 123 Å². The summed E-state index contributed by atoms with van der Waals surface area (Å²) in [4.78, 5) is 28.9. The molecule has 2 aromatic heterocycles. The van der Waals surface area contributed by atoms with Gasteiger partial charge in [-0.2, -0.15) is 8.42 Å². The number of nitrogens with one attached hydrogen (secondary N) is 1. The van der Waals surface area contributed by atoms with E-state index >= 15 is 0 Å². The van der Waals surface area contributed by atoms with Gasteiger partial charge in [0.25, 0.3) is 11.2 Å². The van der Waals surface area contributed by atoms with Crippen molar-refractivity contribution in [2.24, 2.45) is 0 Å². The average Bonchev–Trinajstić information content (AvgIpc) is 3.40. The summed E-state index contributed by atoms with van der Waals surface area (Å²) in [5, 5.41) is 26.8. The van der Waals surface area contributed by atoms with Crippen LogP contribution in [0.5, 0.6) is 5.95 Å². The molecule has 214 valence electrons. The first-order valence-corrected chi connectivity index (χ1v) is 14.2. The van der Waals surface area contributed by atoms with Crippen LogP contribution in [-0.2, 0) is 10.0 Å². The van der Waals surface area contributed by atoms with Crippen LogP contribution in [0.3, 0.4) is 0 Å². The van der Waals surface area contributed by atoms with Crippen LogP contribution in [0.2, 0.25) is 0 Å². The van der Waals surface area contributed by atoms with Crippen molar-refractivity contribution in [3.8, 4) is 28.7 Å². The highest BCUT2D eigenvalue weighted by molar-refractivity contribution is 7.92. The Bertz CT molecular complexity index is 2180. The first-order valence-electron chi connectivity index (χ1n) is 12.7. The van der Waals surface area contributed by atoms with Gasteiger partial charge in [0.2, 0.25) is 5.69 Å². The molecule has 0 spiro atoms. The molecule has 0 bridgehead atoms. The molecular formula is C29H20N6O7S. The summed E-state index contributed by atoms with van der Waals surface area (Å²) in [6.07, 6.45) is 0. The molecule has 4 aromatic carbocycles. The number of nitro benzene ring substituents is 1. The molecule has 14 heteroatoms. The zero-order chi connectivity index (χ0) is 30.3. The number of nitrogens with zero attached hydrogens (tertiary/aromatic N) is 5. The SMILES string of the molecule is Cc1ccc(-[n+]2noc([O-])c2S(=O)(=O)Nc2ccc(-n3c(-c4ccc([N+](=O)[O-])cc4)nc4ccccc4c3=O)cc2)cc1. The van der Waals surface area contributed by atoms with Gasteiger partial charge in [-0.25, -0.2) is 4.98 Å². The molecule has 0 saturated heterocycles. The number of fused-ring (bicyclic) bond motifs is 1. The molecule has 2 heterocycles. The summed E-state index contributed by atoms with van der Waals surface area (Å²) in [5.74, 6) is -0.919. The fraction of sp³-hybridized carbons (Fsp3) is 0.0345. The van der Waals surface area contributed by atoms with Crippen molar-refractivity contribution in [2.75, 3.05) is 4.72 Å². The van der Waals surface area contributed by atoms with Gasteiger partial charge in [0.15, 0.2) is 5.95 Å². The number of hydrogen-bond donors (Lipinski definition) is 1. The number of anilines is 1. The lowest BCUT2D eigenvalue weighted by atomic mass is 10.1. The van der Waals surface area contributed by atoms with E-state index < -0.39 is 31.5 Å². The molecule has 0 aliphatic carbocycles. The van der Waals surface area contributed by atoms with Gasteiger partial charge in [-0.3, -0.25) is 24.2 Å². The van der Waals surface area contributed by atoms with E-state index in [-0.39, 0.29) is 17.2 Å². The van der Waals surface area contributed by atoms with Gasteiger partial charge in [-0.15, -0.1) is 0 Å². The predicted molar refractivity (Wildman–Crippen MR) is 152 cm³/mol. The van der Waals surface area contributed by atoms with Gasteiger partial charge >= 0.3 is 15.0 Å². The molecule has 1 N–H and O–H groups in total. The molecule has 0 aliphatic rings. The van der Waals surface area contributed by atoms with Crippen LogP contribution in [0, 0.1) is 17.0 Å². The number of sulfonamides is 1. The van der Waals surface area contributed by atoms with E-state index in [0.717, 1.165) is 10.2 Å². The minimum absolute atomic E-state index is 0.0958. The number of benzene rings is 4. The molecule has 0 amide bonds. The van der Waals surface area contributed by atoms with Crippen molar-refractivity contribution in [1.82, 2.24) is 14.8 Å². The summed E-state index contributed by atoms with van der Waals surface area (Å²) in [6, 6.07) is 24.9. The first-order chi connectivity index (χ1) is 20.6. The summed E-state index contributed by atoms with van der Waals surface area (Å²) >= 11 is 0. The number of non-ortho nitro benzene ring substituents is 1. The van der Waals surface area contributed by atoms with Crippen molar-refractivity contribution in [1.29, 1.82) is 0 Å². The Hall–Kier alpha value is -5.89. The maximum Gasteiger partial charge on any atom is 0.373 e. The Kier molecular flexibility index (Phi) is 6.66. The second-order valence-electron chi connectivity index (χ2n) is 9.46. The van der Waals surface area contributed by atoms with E-state index in [1.54, 1.807) is 48.5 Å². The fourth-order valence-electron chi connectivity index (χ4n) is 4.49. The quantitative estimate of drug-likeness (QED) is 0.164. The zero-order valence-electron chi connectivity index (χ0n) is 22.2. The van der Waals surface area contributed by atoms with Crippen LogP contribution in [-0.4, -0.2) is 28.2 Å². The largest absolute Gasteiger partial charge is 0.538 e. The number of hydrogen-bond acceptors (Lipinski definition) is 9. The molecule has 43 heavy (non-hydrogen) atoms. The van der Waals surface area contributed by atoms with Crippen LogP contribution in [0.15, 0.2) is 111 Å². The van der Waals surface area contributed by atoms with Crippen molar-refractivity contribution in [3.63, 3.8) is 0 Å². The minimum atomic E-state index is -4.46. The van der Waals surface area contributed by atoms with Crippen LogP contribution in [0.4, 0.5) is 11.4 Å². The molecule has 6 rings (SSSR count). The number of aromatic nitrogens is 4. The Balaban J connectivity index is 1.39. The lowest BCUT2D eigenvalue weighted by Crippen LogP contribution is -2.40. The second kappa shape index (κ2) is 10.5. The Labute approximate surface area is 243 Å². The summed E-state index contributed by atoms with van der Waals surface area (Å²) < 4.78 is 35.8. The highest BCUT2D eigenvalue weighted by atomic mass is 32.2. The molecule has 0 radical (unpaired) electrons. The van der Waals surface area contributed by atoms with Crippen molar-refractivity contribution >= 4 is 32.3 Å². The average molecular weight is 597 g/mol. The Morgan fingerprint density at radius 2 is 1.60 bits per heavy atom. The number of nitro groups is 1. The van der Waals surface area contributed by atoms with E-state index in [1.807, 2.05) is 6.92 Å². The standard InChI is InChI=1S/C29H20N6O7S/c1-18-6-12-22(13-7-18)34-28(29(37)42-32-34)43(40,41)31-20-10-16-21(17-11-20)33-26(19-8-14-23(15-9-19)35(38)39)30-25-5-3-2-4-24(25)27(33)36/h2-17,31H,1H3. The van der Waals surface area contributed by atoms with Crippen LogP contribution in [0.25, 0.3) is 33.7 Å². The third kappa shape index (κ3) is 5.06. The van der Waals surface area contributed by atoms with Gasteiger partial charge in [-0.05, 0) is 60.1 Å². The van der Waals surface area contributed by atoms with E-state index in [1.165, 1.54) is 53.1 Å². The molecule has 0 aliphatic heterocycles. The smallest absolute Gasteiger partial charge is 0.373 e. The summed E-state index contributed by atoms with van der Waals surface area (Å²) in [7, 11) is -4.46. The molecule has 0 atom stereocenters. The number of aryl methyl sites for hydroxylation is 1. The van der Waals surface area contributed by atoms with E-state index in [4.69, 9.17) is 0 Å². The third-order valence-electron chi connectivity index (χ3n) is 6.60. The lowest BCUT2D eigenvalue weighted by Gasteiger charge is -2.14. The molecule has 6 aromatic rings. The topological polar surface area (TPSA) is 177 Å². The molecular weight excluding hydrogens is 576 g/mol. The van der Waals surface area contributed by atoms with Gasteiger partial charge in [0.05, 0.1) is 26.8 Å². The van der Waals surface area contributed by atoms with Gasteiger partial charge in [0.1, 0.15) is 5.82 Å². The van der Waals surface area contributed by atoms with E-state index in [9.17, 15) is 28.4 Å². The molecule has 13 nitrogen and oxygen atoms in total. The lowest BCUT2D eigenvalue weighted by molar-refractivity contribution is -0.706. The molecule has 0 saturated carbocycles. The molecule has 0 fully saturated rings. The predicted octanol–water partition coefficient (Wildman–Crippen LogP) is 3.41. The first kappa shape index (κ1) is 27.3. The third-order valence-corrected chi connectivity index (χ3v) is 7.95. The highest BCUT2D eigenvalue weighted by Gasteiger charge is 2.33. The maximum atomic E-state index is 13.6. The van der Waals surface area contributed by atoms with Gasteiger partial charge in [0, 0.05) is 35.5 Å². The number of rotatable bonds is 7. The van der Waals surface area contributed by atoms with Crippen molar-refractivity contribution < 1.29 is 27.7 Å². The van der Waals surface area contributed by atoms with Crippen LogP contribution >= 0.6 is 0 Å². The normalized spacial score (nSPS) is 11.5. The summed E-state index contributed by atoms with van der Waals surface area (Å²) in [6.45, 7) is 1.86. The fourth-order valence-corrected chi connectivity index (χ4v) is 5.66. The number of para-hydroxylation sites is 1. The van der Waals surface area contributed by atoms with Gasteiger partial charge < -0.3 is 9.63 Å². The van der Waals surface area contributed by atoms with Gasteiger partial charge in [-0.1, -0.05) is 29.8 Å². The maximum absolute atomic E-state index is 13.6. The van der Waals surface area contributed by atoms with E-state index in [0.29, 0.717) is 27.8 Å². The highest BCUT2D eigenvalue weighted by Crippen LogP contribution is 2.26. The Morgan fingerprint density at radius 3 is 2.28 bits per heavy atom. The second-order valence-corrected chi connectivity index (χ2v) is 11.1. The van der Waals surface area contributed by atoms with Crippen LogP contribution < -0.4 is 20.1 Å². The Morgan fingerprint density at radius 1 is 0.930 bits per heavy atom. The summed E-state index contributed by atoms with van der Waals surface area (Å²) in [5.41, 5.74) is 2.06. The molecule has 0 unspecified atom stereocenters. The minimum Gasteiger partial charge on any atom is -0.538 e. The monoisotopic (exact) mass is 596 g/mol. The zero-order valence-corrected chi connectivity index (χ0v) is 23.1.